The first kappa shape index (κ1) is 16.3. The van der Waals surface area contributed by atoms with Gasteiger partial charge in [0, 0.05) is 10.6 Å². The Kier molecular flexibility index (Phi) is 4.71. The Bertz CT molecular complexity index is 817. The second-order valence-corrected chi connectivity index (χ2v) is 5.72. The van der Waals surface area contributed by atoms with Crippen molar-refractivity contribution in [3.63, 3.8) is 0 Å². The molecule has 0 fully saturated rings. The highest BCUT2D eigenvalue weighted by molar-refractivity contribution is 6.31. The molecule has 0 atom stereocenters. The Morgan fingerprint density at radius 3 is 2.67 bits per heavy atom. The van der Waals surface area contributed by atoms with E-state index < -0.39 is 5.97 Å². The quantitative estimate of drug-likeness (QED) is 0.623. The van der Waals surface area contributed by atoms with Crippen LogP contribution in [0.4, 0.5) is 0 Å². The zero-order valence-corrected chi connectivity index (χ0v) is 14.1. The van der Waals surface area contributed by atoms with Crippen LogP contribution < -0.4 is 9.47 Å². The highest BCUT2D eigenvalue weighted by Crippen LogP contribution is 2.27. The van der Waals surface area contributed by atoms with Crippen LogP contribution >= 0.6 is 11.6 Å². The molecule has 0 unspecified atom stereocenters. The van der Waals surface area contributed by atoms with Crippen LogP contribution in [0.15, 0.2) is 41.6 Å². The van der Waals surface area contributed by atoms with E-state index in [2.05, 4.69) is 5.16 Å². The summed E-state index contributed by atoms with van der Waals surface area (Å²) in [7, 11) is 3.11. The molecule has 2 aromatic carbocycles. The summed E-state index contributed by atoms with van der Waals surface area (Å²) in [5.41, 5.74) is 3.08. The summed E-state index contributed by atoms with van der Waals surface area (Å²) in [6.07, 6.45) is 1.55. The normalized spacial score (nSPS) is 14.4. The zero-order chi connectivity index (χ0) is 17.1. The van der Waals surface area contributed by atoms with E-state index in [4.69, 9.17) is 25.9 Å². The number of hydrogen-bond acceptors (Lipinski definition) is 5. The van der Waals surface area contributed by atoms with Crippen molar-refractivity contribution in [3.8, 4) is 11.5 Å². The van der Waals surface area contributed by atoms with E-state index in [1.807, 2.05) is 18.2 Å². The molecule has 3 rings (SSSR count). The van der Waals surface area contributed by atoms with E-state index in [0.29, 0.717) is 17.2 Å². The first-order valence-electron chi connectivity index (χ1n) is 7.41. The summed E-state index contributed by atoms with van der Waals surface area (Å²) in [6, 6.07) is 10.5. The number of carbonyl (C=O) groups is 1. The third kappa shape index (κ3) is 3.21. The minimum Gasteiger partial charge on any atom is -0.497 e. The molecule has 1 aliphatic carbocycles. The monoisotopic (exact) mass is 345 g/mol. The van der Waals surface area contributed by atoms with Crippen LogP contribution in [0.5, 0.6) is 11.5 Å². The second-order valence-electron chi connectivity index (χ2n) is 5.28. The van der Waals surface area contributed by atoms with Crippen LogP contribution in [-0.4, -0.2) is 25.9 Å². The Morgan fingerprint density at radius 2 is 1.92 bits per heavy atom. The first-order valence-corrected chi connectivity index (χ1v) is 7.79. The average Bonchev–Trinajstić information content (AvgIpc) is 3.01. The van der Waals surface area contributed by atoms with E-state index in [1.165, 1.54) is 13.2 Å². The lowest BCUT2D eigenvalue weighted by Gasteiger charge is -2.07. The average molecular weight is 346 g/mol. The van der Waals surface area contributed by atoms with Gasteiger partial charge in [-0.2, -0.15) is 0 Å². The Labute approximate surface area is 144 Å². The smallest absolute Gasteiger partial charge is 0.369 e. The van der Waals surface area contributed by atoms with Crippen molar-refractivity contribution in [3.05, 3.63) is 58.1 Å². The van der Waals surface area contributed by atoms with Crippen molar-refractivity contribution in [1.82, 2.24) is 0 Å². The Balaban J connectivity index is 1.81. The molecule has 0 N–H and O–H groups in total. The molecule has 0 radical (unpaired) electrons. The Hall–Kier alpha value is -2.53. The number of oxime groups is 1. The number of aryl methyl sites for hydroxylation is 1. The van der Waals surface area contributed by atoms with Gasteiger partial charge in [-0.05, 0) is 54.8 Å². The Morgan fingerprint density at radius 1 is 1.08 bits per heavy atom. The van der Waals surface area contributed by atoms with E-state index in [-0.39, 0.29) is 5.56 Å². The molecule has 0 spiro atoms. The first-order chi connectivity index (χ1) is 11.6. The number of halogens is 1. The molecule has 124 valence electrons. The lowest BCUT2D eigenvalue weighted by molar-refractivity contribution is 0.0512. The summed E-state index contributed by atoms with van der Waals surface area (Å²) < 4.78 is 10.4. The molecule has 0 saturated heterocycles. The van der Waals surface area contributed by atoms with Gasteiger partial charge in [0.15, 0.2) is 0 Å². The maximum atomic E-state index is 12.3. The van der Waals surface area contributed by atoms with E-state index in [0.717, 1.165) is 29.0 Å². The van der Waals surface area contributed by atoms with Crippen LogP contribution in [0.25, 0.3) is 0 Å². The van der Waals surface area contributed by atoms with E-state index in [1.54, 1.807) is 19.2 Å². The molecule has 0 amide bonds. The fraction of sp³-hybridized carbons (Fsp3) is 0.222. The SMILES string of the molecule is COc1ccc2c(c1)CC/C2=N/OC(=O)c1cc(Cl)ccc1OC. The third-order valence-corrected chi connectivity index (χ3v) is 4.11. The van der Waals surface area contributed by atoms with Gasteiger partial charge >= 0.3 is 5.97 Å². The van der Waals surface area contributed by atoms with Gasteiger partial charge in [-0.1, -0.05) is 16.8 Å². The van der Waals surface area contributed by atoms with Gasteiger partial charge in [-0.15, -0.1) is 0 Å². The van der Waals surface area contributed by atoms with Gasteiger partial charge in [-0.25, -0.2) is 4.79 Å². The zero-order valence-electron chi connectivity index (χ0n) is 13.3. The van der Waals surface area contributed by atoms with Crippen molar-refractivity contribution in [2.45, 2.75) is 12.8 Å². The van der Waals surface area contributed by atoms with Crippen molar-refractivity contribution in [1.29, 1.82) is 0 Å². The van der Waals surface area contributed by atoms with Crippen molar-refractivity contribution < 1.29 is 19.1 Å². The predicted octanol–water partition coefficient (Wildman–Crippen LogP) is 3.86. The molecular formula is C18H16ClNO4. The van der Waals surface area contributed by atoms with Gasteiger partial charge < -0.3 is 14.3 Å². The molecule has 0 aliphatic heterocycles. The van der Waals surface area contributed by atoms with Gasteiger partial charge in [0.05, 0.1) is 19.9 Å². The number of benzene rings is 2. The minimum absolute atomic E-state index is 0.238. The van der Waals surface area contributed by atoms with Crippen LogP contribution in [0.2, 0.25) is 5.02 Å². The number of carbonyl (C=O) groups excluding carboxylic acids is 1. The minimum atomic E-state index is -0.608. The molecule has 0 aromatic heterocycles. The molecule has 5 nitrogen and oxygen atoms in total. The number of hydrogen-bond donors (Lipinski definition) is 0. The molecular weight excluding hydrogens is 330 g/mol. The number of rotatable bonds is 4. The fourth-order valence-electron chi connectivity index (χ4n) is 2.65. The van der Waals surface area contributed by atoms with Gasteiger partial charge in [0.25, 0.3) is 0 Å². The lowest BCUT2D eigenvalue weighted by Crippen LogP contribution is -2.06. The molecule has 0 saturated carbocycles. The van der Waals surface area contributed by atoms with E-state index in [9.17, 15) is 4.79 Å². The highest BCUT2D eigenvalue weighted by Gasteiger charge is 2.20. The van der Waals surface area contributed by atoms with Crippen LogP contribution in [-0.2, 0) is 11.3 Å². The predicted molar refractivity (Wildman–Crippen MR) is 91.3 cm³/mol. The molecule has 6 heteroatoms. The number of methoxy groups -OCH3 is 2. The summed E-state index contributed by atoms with van der Waals surface area (Å²) >= 11 is 5.93. The fourth-order valence-corrected chi connectivity index (χ4v) is 2.83. The maximum absolute atomic E-state index is 12.3. The second kappa shape index (κ2) is 6.93. The van der Waals surface area contributed by atoms with Gasteiger partial charge in [0.2, 0.25) is 0 Å². The largest absolute Gasteiger partial charge is 0.497 e. The van der Waals surface area contributed by atoms with Gasteiger partial charge in [-0.3, -0.25) is 0 Å². The van der Waals surface area contributed by atoms with Crippen molar-refractivity contribution in [2.75, 3.05) is 14.2 Å². The van der Waals surface area contributed by atoms with Crippen molar-refractivity contribution >= 4 is 23.3 Å². The molecule has 0 bridgehead atoms. The van der Waals surface area contributed by atoms with E-state index >= 15 is 0 Å². The summed E-state index contributed by atoms with van der Waals surface area (Å²) in [4.78, 5) is 17.4. The number of nitrogens with zero attached hydrogens (tertiary/aromatic N) is 1. The van der Waals surface area contributed by atoms with Crippen LogP contribution in [0.1, 0.15) is 27.9 Å². The highest BCUT2D eigenvalue weighted by atomic mass is 35.5. The third-order valence-electron chi connectivity index (χ3n) is 3.87. The van der Waals surface area contributed by atoms with Crippen LogP contribution in [0, 0.1) is 0 Å². The molecule has 1 aliphatic rings. The molecule has 0 heterocycles. The molecule has 2 aromatic rings. The summed E-state index contributed by atoms with van der Waals surface area (Å²) in [5.74, 6) is 0.584. The topological polar surface area (TPSA) is 57.1 Å². The molecule has 24 heavy (non-hydrogen) atoms. The number of ether oxygens (including phenoxy) is 2. The standard InChI is InChI=1S/C18H16ClNO4/c1-22-13-5-6-14-11(9-13)3-7-16(14)20-24-18(21)15-10-12(19)4-8-17(15)23-2/h4-6,8-10H,3,7H2,1-2H3/b20-16-. The number of fused-ring (bicyclic) bond motifs is 1. The van der Waals surface area contributed by atoms with Gasteiger partial charge in [0.1, 0.15) is 17.1 Å². The lowest BCUT2D eigenvalue weighted by atomic mass is 10.1. The summed E-state index contributed by atoms with van der Waals surface area (Å²) in [6.45, 7) is 0. The maximum Gasteiger partial charge on any atom is 0.369 e. The summed E-state index contributed by atoms with van der Waals surface area (Å²) in [5, 5.41) is 4.45. The van der Waals surface area contributed by atoms with Crippen molar-refractivity contribution in [2.24, 2.45) is 5.16 Å². The van der Waals surface area contributed by atoms with Crippen LogP contribution in [0.3, 0.4) is 0 Å².